The second-order valence-corrected chi connectivity index (χ2v) is 7.53. The van der Waals surface area contributed by atoms with Gasteiger partial charge in [0.25, 0.3) is 0 Å². The molecule has 2 aliphatic heterocycles. The standard InChI is InChI=1S/C21H26FN5O/c22-18-5-3-16(4-6-18)14-23-21(28)17-7-11-27(12-8-17)20-13-19(24-15-25-20)26-9-1-2-10-26/h3-6,13,15,17H,1-2,7-12,14H2,(H,23,28). The van der Waals surface area contributed by atoms with Gasteiger partial charge in [-0.15, -0.1) is 0 Å². The summed E-state index contributed by atoms with van der Waals surface area (Å²) < 4.78 is 13.0. The summed E-state index contributed by atoms with van der Waals surface area (Å²) in [5, 5.41) is 2.98. The summed E-state index contributed by atoms with van der Waals surface area (Å²) in [6.07, 6.45) is 5.69. The molecule has 2 saturated heterocycles. The van der Waals surface area contributed by atoms with E-state index in [0.717, 1.165) is 56.2 Å². The lowest BCUT2D eigenvalue weighted by Crippen LogP contribution is -2.40. The Kier molecular flexibility index (Phi) is 5.69. The Hall–Kier alpha value is -2.70. The zero-order valence-electron chi connectivity index (χ0n) is 16.0. The van der Waals surface area contributed by atoms with E-state index < -0.39 is 0 Å². The molecule has 28 heavy (non-hydrogen) atoms. The Morgan fingerprint density at radius 2 is 1.61 bits per heavy atom. The molecule has 6 nitrogen and oxygen atoms in total. The number of anilines is 2. The van der Waals surface area contributed by atoms with Crippen LogP contribution in [0.1, 0.15) is 31.2 Å². The molecule has 7 heteroatoms. The summed E-state index contributed by atoms with van der Waals surface area (Å²) >= 11 is 0. The van der Waals surface area contributed by atoms with Crippen LogP contribution < -0.4 is 15.1 Å². The van der Waals surface area contributed by atoms with Crippen molar-refractivity contribution < 1.29 is 9.18 Å². The quantitative estimate of drug-likeness (QED) is 0.860. The Morgan fingerprint density at radius 3 is 2.25 bits per heavy atom. The number of carbonyl (C=O) groups excluding carboxylic acids is 1. The minimum absolute atomic E-state index is 0.0107. The highest BCUT2D eigenvalue weighted by Crippen LogP contribution is 2.25. The van der Waals surface area contributed by atoms with Crippen LogP contribution in [0.25, 0.3) is 0 Å². The lowest BCUT2D eigenvalue weighted by molar-refractivity contribution is -0.125. The van der Waals surface area contributed by atoms with E-state index in [1.807, 2.05) is 0 Å². The lowest BCUT2D eigenvalue weighted by atomic mass is 9.96. The Balaban J connectivity index is 1.28. The van der Waals surface area contributed by atoms with Gasteiger partial charge in [-0.2, -0.15) is 0 Å². The van der Waals surface area contributed by atoms with Gasteiger partial charge in [0.05, 0.1) is 0 Å². The SMILES string of the molecule is O=C(NCc1ccc(F)cc1)C1CCN(c2cc(N3CCCC3)ncn2)CC1. The Bertz CT molecular complexity index is 799. The van der Waals surface area contributed by atoms with E-state index in [1.54, 1.807) is 18.5 Å². The summed E-state index contributed by atoms with van der Waals surface area (Å²) in [6, 6.07) is 8.30. The highest BCUT2D eigenvalue weighted by Gasteiger charge is 2.26. The number of nitrogens with one attached hydrogen (secondary N) is 1. The number of amides is 1. The number of rotatable bonds is 5. The molecule has 1 amide bonds. The molecule has 0 aliphatic carbocycles. The number of aromatic nitrogens is 2. The van der Waals surface area contributed by atoms with E-state index in [9.17, 15) is 9.18 Å². The molecule has 1 N–H and O–H groups in total. The smallest absolute Gasteiger partial charge is 0.223 e. The predicted octanol–water partition coefficient (Wildman–Crippen LogP) is 2.75. The van der Waals surface area contributed by atoms with Crippen LogP contribution >= 0.6 is 0 Å². The fourth-order valence-electron chi connectivity index (χ4n) is 3.94. The minimum Gasteiger partial charge on any atom is -0.356 e. The molecular weight excluding hydrogens is 357 g/mol. The summed E-state index contributed by atoms with van der Waals surface area (Å²) in [5.74, 6) is 1.77. The van der Waals surface area contributed by atoms with Crippen LogP contribution in [0.4, 0.5) is 16.0 Å². The van der Waals surface area contributed by atoms with Crippen LogP contribution in [-0.4, -0.2) is 42.1 Å². The first-order valence-corrected chi connectivity index (χ1v) is 10.0. The van der Waals surface area contributed by atoms with Gasteiger partial charge in [0, 0.05) is 44.7 Å². The molecular formula is C21H26FN5O. The average molecular weight is 383 g/mol. The highest BCUT2D eigenvalue weighted by molar-refractivity contribution is 5.79. The third-order valence-electron chi connectivity index (χ3n) is 5.64. The van der Waals surface area contributed by atoms with Crippen molar-refractivity contribution in [2.24, 2.45) is 5.92 Å². The Morgan fingerprint density at radius 1 is 1.00 bits per heavy atom. The molecule has 2 fully saturated rings. The molecule has 0 spiro atoms. The number of piperidine rings is 1. The van der Waals surface area contributed by atoms with Crippen LogP contribution in [0.5, 0.6) is 0 Å². The van der Waals surface area contributed by atoms with Crippen molar-refractivity contribution in [3.05, 3.63) is 48.0 Å². The molecule has 3 heterocycles. The monoisotopic (exact) mass is 383 g/mol. The first kappa shape index (κ1) is 18.7. The predicted molar refractivity (Wildman–Crippen MR) is 107 cm³/mol. The van der Waals surface area contributed by atoms with Crippen molar-refractivity contribution >= 4 is 17.5 Å². The van der Waals surface area contributed by atoms with Gasteiger partial charge in [0.15, 0.2) is 0 Å². The fraction of sp³-hybridized carbons (Fsp3) is 0.476. The molecule has 4 rings (SSSR count). The number of nitrogens with zero attached hydrogens (tertiary/aromatic N) is 4. The van der Waals surface area contributed by atoms with Gasteiger partial charge in [0.2, 0.25) is 5.91 Å². The second kappa shape index (κ2) is 8.54. The van der Waals surface area contributed by atoms with Crippen molar-refractivity contribution in [1.29, 1.82) is 0 Å². The third kappa shape index (κ3) is 4.40. The molecule has 1 aromatic carbocycles. The van der Waals surface area contributed by atoms with E-state index >= 15 is 0 Å². The molecule has 0 bridgehead atoms. The largest absolute Gasteiger partial charge is 0.356 e. The van der Waals surface area contributed by atoms with Crippen molar-refractivity contribution in [2.45, 2.75) is 32.2 Å². The third-order valence-corrected chi connectivity index (χ3v) is 5.64. The fourth-order valence-corrected chi connectivity index (χ4v) is 3.94. The molecule has 2 aliphatic rings. The molecule has 0 radical (unpaired) electrons. The maximum atomic E-state index is 13.0. The number of carbonyl (C=O) groups is 1. The van der Waals surface area contributed by atoms with Crippen molar-refractivity contribution in [2.75, 3.05) is 36.0 Å². The first-order chi connectivity index (χ1) is 13.7. The van der Waals surface area contributed by atoms with Gasteiger partial charge in [-0.3, -0.25) is 4.79 Å². The number of hydrogen-bond donors (Lipinski definition) is 1. The zero-order valence-corrected chi connectivity index (χ0v) is 16.0. The first-order valence-electron chi connectivity index (χ1n) is 10.0. The molecule has 0 saturated carbocycles. The summed E-state index contributed by atoms with van der Waals surface area (Å²) in [6.45, 7) is 4.18. The van der Waals surface area contributed by atoms with Gasteiger partial charge < -0.3 is 15.1 Å². The van der Waals surface area contributed by atoms with Crippen LogP contribution in [0.2, 0.25) is 0 Å². The van der Waals surface area contributed by atoms with Gasteiger partial charge in [0.1, 0.15) is 23.8 Å². The van der Waals surface area contributed by atoms with Crippen molar-refractivity contribution in [3.8, 4) is 0 Å². The van der Waals surface area contributed by atoms with Crippen molar-refractivity contribution in [3.63, 3.8) is 0 Å². The maximum Gasteiger partial charge on any atom is 0.223 e. The summed E-state index contributed by atoms with van der Waals surface area (Å²) in [5.41, 5.74) is 0.905. The van der Waals surface area contributed by atoms with Crippen LogP contribution in [-0.2, 0) is 11.3 Å². The second-order valence-electron chi connectivity index (χ2n) is 7.53. The van der Waals surface area contributed by atoms with Crippen LogP contribution in [0.3, 0.4) is 0 Å². The maximum absolute atomic E-state index is 13.0. The zero-order chi connectivity index (χ0) is 19.3. The molecule has 0 unspecified atom stereocenters. The highest BCUT2D eigenvalue weighted by atomic mass is 19.1. The van der Waals surface area contributed by atoms with Gasteiger partial charge >= 0.3 is 0 Å². The van der Waals surface area contributed by atoms with E-state index in [1.165, 1.54) is 25.0 Å². The van der Waals surface area contributed by atoms with E-state index in [2.05, 4.69) is 31.2 Å². The Labute approximate surface area is 164 Å². The van der Waals surface area contributed by atoms with Gasteiger partial charge in [-0.05, 0) is 43.4 Å². The van der Waals surface area contributed by atoms with E-state index in [-0.39, 0.29) is 17.6 Å². The normalized spacial score (nSPS) is 17.8. The van der Waals surface area contributed by atoms with E-state index in [0.29, 0.717) is 6.54 Å². The number of halogens is 1. The minimum atomic E-state index is -0.264. The van der Waals surface area contributed by atoms with Crippen LogP contribution in [0, 0.1) is 11.7 Å². The number of benzene rings is 1. The molecule has 0 atom stereocenters. The summed E-state index contributed by atoms with van der Waals surface area (Å²) in [4.78, 5) is 25.9. The van der Waals surface area contributed by atoms with Gasteiger partial charge in [-0.25, -0.2) is 14.4 Å². The van der Waals surface area contributed by atoms with E-state index in [4.69, 9.17) is 0 Å². The van der Waals surface area contributed by atoms with Crippen molar-refractivity contribution in [1.82, 2.24) is 15.3 Å². The van der Waals surface area contributed by atoms with Gasteiger partial charge in [-0.1, -0.05) is 12.1 Å². The molecule has 148 valence electrons. The number of hydrogen-bond acceptors (Lipinski definition) is 5. The average Bonchev–Trinajstić information content (AvgIpc) is 3.28. The molecule has 2 aromatic rings. The molecule has 1 aromatic heterocycles. The topological polar surface area (TPSA) is 61.4 Å². The lowest BCUT2D eigenvalue weighted by Gasteiger charge is -2.32. The van der Waals surface area contributed by atoms with Crippen LogP contribution in [0.15, 0.2) is 36.7 Å². The summed E-state index contributed by atoms with van der Waals surface area (Å²) in [7, 11) is 0.